The second-order valence-corrected chi connectivity index (χ2v) is 5.86. The molecule has 3 amide bonds. The number of amides is 3. The molecule has 0 aliphatic carbocycles. The van der Waals surface area contributed by atoms with Crippen LogP contribution in [0.4, 0.5) is 0 Å². The van der Waals surface area contributed by atoms with Crippen molar-refractivity contribution in [3.63, 3.8) is 0 Å². The molecule has 0 aliphatic rings. The van der Waals surface area contributed by atoms with E-state index >= 15 is 0 Å². The standard InChI is InChI=1S/C20H20N4O4/c1-14(25)22-17(15-7-3-2-4-8-15)11-19(26)23-24-20(27)13-28-18-10-6-5-9-16(18)12-21/h2-10,17H,11,13H2,1H3,(H,22,25)(H,23,26)(H,24,27)/t17-/m0/s1. The zero-order valence-electron chi connectivity index (χ0n) is 15.3. The van der Waals surface area contributed by atoms with Crippen molar-refractivity contribution in [2.75, 3.05) is 6.61 Å². The van der Waals surface area contributed by atoms with Crippen molar-refractivity contribution >= 4 is 17.7 Å². The van der Waals surface area contributed by atoms with E-state index in [0.717, 1.165) is 5.56 Å². The van der Waals surface area contributed by atoms with Crippen LogP contribution in [0.15, 0.2) is 54.6 Å². The predicted molar refractivity (Wildman–Crippen MR) is 101 cm³/mol. The van der Waals surface area contributed by atoms with Crippen LogP contribution < -0.4 is 20.9 Å². The minimum Gasteiger partial charge on any atom is -0.482 e. The molecule has 2 aromatic carbocycles. The molecular formula is C20H20N4O4. The molecule has 0 unspecified atom stereocenters. The number of nitrogens with zero attached hydrogens (tertiary/aromatic N) is 1. The van der Waals surface area contributed by atoms with E-state index in [9.17, 15) is 14.4 Å². The number of carbonyl (C=O) groups is 3. The number of nitrogens with one attached hydrogen (secondary N) is 3. The Balaban J connectivity index is 1.84. The number of nitriles is 1. The average molecular weight is 380 g/mol. The van der Waals surface area contributed by atoms with Crippen LogP contribution in [0.2, 0.25) is 0 Å². The smallest absolute Gasteiger partial charge is 0.276 e. The molecule has 0 spiro atoms. The summed E-state index contributed by atoms with van der Waals surface area (Å²) in [7, 11) is 0. The lowest BCUT2D eigenvalue weighted by molar-refractivity contribution is -0.130. The van der Waals surface area contributed by atoms with Gasteiger partial charge in [-0.3, -0.25) is 25.2 Å². The molecule has 8 nitrogen and oxygen atoms in total. The Hall–Kier alpha value is -3.86. The number of hydrogen-bond acceptors (Lipinski definition) is 5. The fourth-order valence-electron chi connectivity index (χ4n) is 2.42. The van der Waals surface area contributed by atoms with Crippen LogP contribution >= 0.6 is 0 Å². The maximum atomic E-state index is 12.1. The van der Waals surface area contributed by atoms with Crippen LogP contribution in [0, 0.1) is 11.3 Å². The normalized spacial score (nSPS) is 10.9. The Bertz CT molecular complexity index is 877. The first kappa shape index (κ1) is 20.5. The zero-order chi connectivity index (χ0) is 20.4. The minimum absolute atomic E-state index is 0.0536. The molecule has 0 fully saturated rings. The Kier molecular flexibility index (Phi) is 7.54. The molecule has 0 radical (unpaired) electrons. The quantitative estimate of drug-likeness (QED) is 0.626. The number of hydrazine groups is 1. The number of hydrogen-bond donors (Lipinski definition) is 3. The number of rotatable bonds is 7. The first-order valence-electron chi connectivity index (χ1n) is 8.51. The van der Waals surface area contributed by atoms with Gasteiger partial charge in [0.05, 0.1) is 18.0 Å². The summed E-state index contributed by atoms with van der Waals surface area (Å²) in [5.74, 6) is -1.05. The molecule has 8 heteroatoms. The van der Waals surface area contributed by atoms with Crippen molar-refractivity contribution in [3.8, 4) is 11.8 Å². The summed E-state index contributed by atoms with van der Waals surface area (Å²) in [5.41, 5.74) is 5.61. The Morgan fingerprint density at radius 2 is 1.64 bits per heavy atom. The lowest BCUT2D eigenvalue weighted by Crippen LogP contribution is -2.45. The monoisotopic (exact) mass is 380 g/mol. The van der Waals surface area contributed by atoms with Crippen molar-refractivity contribution in [3.05, 3.63) is 65.7 Å². The third kappa shape index (κ3) is 6.46. The van der Waals surface area contributed by atoms with Gasteiger partial charge in [0.2, 0.25) is 11.8 Å². The number of benzene rings is 2. The van der Waals surface area contributed by atoms with Gasteiger partial charge < -0.3 is 10.1 Å². The highest BCUT2D eigenvalue weighted by atomic mass is 16.5. The third-order valence-corrected chi connectivity index (χ3v) is 3.68. The molecule has 0 aromatic heterocycles. The predicted octanol–water partition coefficient (Wildman–Crippen LogP) is 1.35. The van der Waals surface area contributed by atoms with Gasteiger partial charge in [-0.15, -0.1) is 0 Å². The largest absolute Gasteiger partial charge is 0.482 e. The Morgan fingerprint density at radius 3 is 2.32 bits per heavy atom. The molecule has 0 saturated carbocycles. The van der Waals surface area contributed by atoms with Gasteiger partial charge in [-0.1, -0.05) is 42.5 Å². The van der Waals surface area contributed by atoms with Gasteiger partial charge in [-0.25, -0.2) is 0 Å². The lowest BCUT2D eigenvalue weighted by atomic mass is 10.0. The van der Waals surface area contributed by atoms with Crippen LogP contribution in [0.1, 0.15) is 30.5 Å². The molecule has 0 aliphatic heterocycles. The SMILES string of the molecule is CC(=O)N[C@@H](CC(=O)NNC(=O)COc1ccccc1C#N)c1ccccc1. The molecular weight excluding hydrogens is 360 g/mol. The van der Waals surface area contributed by atoms with Crippen LogP contribution in [0.3, 0.4) is 0 Å². The fraction of sp³-hybridized carbons (Fsp3) is 0.200. The number of carbonyl (C=O) groups excluding carboxylic acids is 3. The Morgan fingerprint density at radius 1 is 1.00 bits per heavy atom. The van der Waals surface area contributed by atoms with Crippen LogP contribution in [0.5, 0.6) is 5.75 Å². The van der Waals surface area contributed by atoms with E-state index in [1.165, 1.54) is 6.92 Å². The van der Waals surface area contributed by atoms with Gasteiger partial charge in [-0.05, 0) is 17.7 Å². The van der Waals surface area contributed by atoms with Gasteiger partial charge >= 0.3 is 0 Å². The molecule has 2 aromatic rings. The summed E-state index contributed by atoms with van der Waals surface area (Å²) in [6, 6.07) is 17.0. The molecule has 3 N–H and O–H groups in total. The van der Waals surface area contributed by atoms with E-state index in [1.54, 1.807) is 48.5 Å². The first-order chi connectivity index (χ1) is 13.5. The van der Waals surface area contributed by atoms with Crippen LogP contribution in [-0.2, 0) is 14.4 Å². The van der Waals surface area contributed by atoms with E-state index < -0.39 is 17.9 Å². The molecule has 0 heterocycles. The molecule has 2 rings (SSSR count). The van der Waals surface area contributed by atoms with Gasteiger partial charge in [-0.2, -0.15) is 5.26 Å². The summed E-state index contributed by atoms with van der Waals surface area (Å²) in [6.07, 6.45) is -0.0536. The highest BCUT2D eigenvalue weighted by molar-refractivity contribution is 5.83. The fourth-order valence-corrected chi connectivity index (χ4v) is 2.42. The van der Waals surface area contributed by atoms with Crippen molar-refractivity contribution < 1.29 is 19.1 Å². The molecule has 0 bridgehead atoms. The van der Waals surface area contributed by atoms with Gasteiger partial charge in [0.1, 0.15) is 11.8 Å². The lowest BCUT2D eigenvalue weighted by Gasteiger charge is -2.18. The van der Waals surface area contributed by atoms with E-state index in [2.05, 4.69) is 16.2 Å². The third-order valence-electron chi connectivity index (χ3n) is 3.68. The van der Waals surface area contributed by atoms with E-state index in [1.807, 2.05) is 12.1 Å². The summed E-state index contributed by atoms with van der Waals surface area (Å²) < 4.78 is 5.28. The van der Waals surface area contributed by atoms with E-state index in [-0.39, 0.29) is 24.7 Å². The highest BCUT2D eigenvalue weighted by Crippen LogP contribution is 2.17. The maximum Gasteiger partial charge on any atom is 0.276 e. The highest BCUT2D eigenvalue weighted by Gasteiger charge is 2.17. The van der Waals surface area contributed by atoms with Crippen molar-refractivity contribution in [2.24, 2.45) is 0 Å². The van der Waals surface area contributed by atoms with E-state index in [0.29, 0.717) is 5.56 Å². The molecule has 0 saturated heterocycles. The molecule has 144 valence electrons. The van der Waals surface area contributed by atoms with Crippen molar-refractivity contribution in [1.82, 2.24) is 16.2 Å². The van der Waals surface area contributed by atoms with Crippen molar-refractivity contribution in [1.29, 1.82) is 5.26 Å². The molecule has 1 atom stereocenters. The van der Waals surface area contributed by atoms with Gasteiger partial charge in [0.15, 0.2) is 6.61 Å². The Labute approximate surface area is 162 Å². The number of ether oxygens (including phenoxy) is 1. The second-order valence-electron chi connectivity index (χ2n) is 5.86. The van der Waals surface area contributed by atoms with E-state index in [4.69, 9.17) is 10.00 Å². The number of para-hydroxylation sites is 1. The van der Waals surface area contributed by atoms with Crippen molar-refractivity contribution in [2.45, 2.75) is 19.4 Å². The first-order valence-corrected chi connectivity index (χ1v) is 8.51. The zero-order valence-corrected chi connectivity index (χ0v) is 15.3. The van der Waals surface area contributed by atoms with Crippen LogP contribution in [0.25, 0.3) is 0 Å². The minimum atomic E-state index is -0.586. The summed E-state index contributed by atoms with van der Waals surface area (Å²) in [5, 5.41) is 11.7. The molecule has 28 heavy (non-hydrogen) atoms. The van der Waals surface area contributed by atoms with Gasteiger partial charge in [0.25, 0.3) is 5.91 Å². The summed E-state index contributed by atoms with van der Waals surface area (Å²) in [6.45, 7) is 0.999. The topological polar surface area (TPSA) is 120 Å². The summed E-state index contributed by atoms with van der Waals surface area (Å²) >= 11 is 0. The average Bonchev–Trinajstić information content (AvgIpc) is 2.70. The van der Waals surface area contributed by atoms with Crippen LogP contribution in [-0.4, -0.2) is 24.3 Å². The summed E-state index contributed by atoms with van der Waals surface area (Å²) in [4.78, 5) is 35.4. The maximum absolute atomic E-state index is 12.1. The second kappa shape index (κ2) is 10.3. The van der Waals surface area contributed by atoms with Gasteiger partial charge in [0, 0.05) is 6.92 Å².